The van der Waals surface area contributed by atoms with Crippen molar-refractivity contribution in [3.63, 3.8) is 0 Å². The van der Waals surface area contributed by atoms with E-state index in [0.717, 1.165) is 30.3 Å². The number of amides is 3. The van der Waals surface area contributed by atoms with Crippen molar-refractivity contribution >= 4 is 28.9 Å². The monoisotopic (exact) mass is 388 g/mol. The average Bonchev–Trinajstić information content (AvgIpc) is 3.02. The summed E-state index contributed by atoms with van der Waals surface area (Å²) >= 11 is 1.64. The molecule has 2 heterocycles. The lowest BCUT2D eigenvalue weighted by Crippen LogP contribution is -2.63. The van der Waals surface area contributed by atoms with Crippen LogP contribution < -0.4 is 5.32 Å². The molecule has 1 aromatic carbocycles. The summed E-state index contributed by atoms with van der Waals surface area (Å²) in [4.78, 5) is 32.9. The smallest absolute Gasteiger partial charge is 0.325 e. The van der Waals surface area contributed by atoms with Gasteiger partial charge in [0.15, 0.2) is 17.4 Å². The van der Waals surface area contributed by atoms with Crippen molar-refractivity contribution in [1.29, 1.82) is 0 Å². The van der Waals surface area contributed by atoms with Gasteiger partial charge in [-0.15, -0.1) is 0 Å². The number of aryl methyl sites for hydroxylation is 1. The van der Waals surface area contributed by atoms with Crippen LogP contribution in [0.2, 0.25) is 0 Å². The molecule has 2 atom stereocenters. The van der Waals surface area contributed by atoms with Gasteiger partial charge >= 0.3 is 6.03 Å². The normalized spacial score (nSPS) is 22.0. The summed E-state index contributed by atoms with van der Waals surface area (Å²) in [5, 5.41) is 3.32. The minimum absolute atomic E-state index is 0.242. The molecule has 0 aliphatic carbocycles. The summed E-state index contributed by atoms with van der Waals surface area (Å²) in [6, 6.07) is 7.66. The molecule has 7 heteroatoms. The van der Waals surface area contributed by atoms with Gasteiger partial charge < -0.3 is 9.80 Å². The Kier molecular flexibility index (Phi) is 6.42. The first-order chi connectivity index (χ1) is 13.0. The maximum Gasteiger partial charge on any atom is 0.325 e. The fraction of sp³-hybridized carbons (Fsp3) is 0.550. The second-order valence-corrected chi connectivity index (χ2v) is 8.15. The van der Waals surface area contributed by atoms with Gasteiger partial charge in [0.05, 0.1) is 0 Å². The van der Waals surface area contributed by atoms with E-state index in [4.69, 9.17) is 4.99 Å². The Bertz CT molecular complexity index is 719. The largest absolute Gasteiger partial charge is 0.336 e. The van der Waals surface area contributed by atoms with Gasteiger partial charge in [0.2, 0.25) is 0 Å². The summed E-state index contributed by atoms with van der Waals surface area (Å²) in [5.41, 5.74) is 2.46. The first-order valence-corrected chi connectivity index (χ1v) is 10.6. The third-order valence-corrected chi connectivity index (χ3v) is 6.14. The molecule has 0 spiro atoms. The molecule has 1 saturated heterocycles. The number of amidine groups is 1. The molecule has 2 unspecified atom stereocenters. The van der Waals surface area contributed by atoms with Crippen LogP contribution in [-0.4, -0.2) is 52.7 Å². The van der Waals surface area contributed by atoms with Gasteiger partial charge in [-0.3, -0.25) is 10.1 Å². The van der Waals surface area contributed by atoms with Gasteiger partial charge in [0.1, 0.15) is 0 Å². The molecule has 1 N–H and O–H groups in total. The topological polar surface area (TPSA) is 65.0 Å². The molecule has 6 nitrogen and oxygen atoms in total. The predicted molar refractivity (Wildman–Crippen MR) is 110 cm³/mol. The first kappa shape index (κ1) is 19.7. The zero-order valence-corrected chi connectivity index (χ0v) is 17.1. The molecule has 0 radical (unpaired) electrons. The van der Waals surface area contributed by atoms with Crippen molar-refractivity contribution < 1.29 is 9.59 Å². The highest BCUT2D eigenvalue weighted by molar-refractivity contribution is 8.13. The summed E-state index contributed by atoms with van der Waals surface area (Å²) < 4.78 is 0. The molecule has 3 amide bonds. The summed E-state index contributed by atoms with van der Waals surface area (Å²) in [6.07, 6.45) is 4.09. The molecular formula is C20H28N4O2S. The van der Waals surface area contributed by atoms with Gasteiger partial charge in [-0.2, -0.15) is 0 Å². The van der Waals surface area contributed by atoms with Crippen LogP contribution in [0.15, 0.2) is 29.3 Å². The fourth-order valence-electron chi connectivity index (χ4n) is 3.40. The van der Waals surface area contributed by atoms with Gasteiger partial charge in [0.25, 0.3) is 5.91 Å². The van der Waals surface area contributed by atoms with E-state index in [1.165, 1.54) is 28.9 Å². The van der Waals surface area contributed by atoms with Gasteiger partial charge in [-0.25, -0.2) is 9.79 Å². The number of benzene rings is 1. The predicted octanol–water partition coefficient (Wildman–Crippen LogP) is 3.36. The standard InChI is InChI=1S/C20H28N4O2S/c1-4-5-6-7-12-24-16-17(23(3)19(26)22-18(16)25)21-20(24)27-13-15-10-8-14(2)9-11-15/h8-11,16-17H,4-7,12-13H2,1-3H3,(H,22,25,26). The molecule has 2 aliphatic heterocycles. The number of nitrogens with one attached hydrogen (secondary N) is 1. The average molecular weight is 389 g/mol. The van der Waals surface area contributed by atoms with E-state index in [2.05, 4.69) is 48.3 Å². The van der Waals surface area contributed by atoms with E-state index < -0.39 is 12.2 Å². The quantitative estimate of drug-likeness (QED) is 0.728. The number of fused-ring (bicyclic) bond motifs is 1. The van der Waals surface area contributed by atoms with E-state index in [-0.39, 0.29) is 11.9 Å². The Balaban J connectivity index is 1.73. The fourth-order valence-corrected chi connectivity index (χ4v) is 4.44. The van der Waals surface area contributed by atoms with Crippen LogP contribution in [0.5, 0.6) is 0 Å². The zero-order chi connectivity index (χ0) is 19.4. The minimum atomic E-state index is -0.432. The molecule has 146 valence electrons. The van der Waals surface area contributed by atoms with Gasteiger partial charge in [-0.05, 0) is 18.9 Å². The summed E-state index contributed by atoms with van der Waals surface area (Å²) in [7, 11) is 1.70. The van der Waals surface area contributed by atoms with E-state index >= 15 is 0 Å². The number of thioether (sulfide) groups is 1. The molecule has 3 rings (SSSR count). The Morgan fingerprint density at radius 3 is 2.59 bits per heavy atom. The van der Waals surface area contributed by atoms with Gasteiger partial charge in [-0.1, -0.05) is 67.8 Å². The van der Waals surface area contributed by atoms with E-state index in [0.29, 0.717) is 0 Å². The number of imide groups is 1. The summed E-state index contributed by atoms with van der Waals surface area (Å²) in [6.45, 7) is 5.05. The van der Waals surface area contributed by atoms with Crippen molar-refractivity contribution in [3.05, 3.63) is 35.4 Å². The Hall–Kier alpha value is -2.02. The lowest BCUT2D eigenvalue weighted by Gasteiger charge is -2.36. The molecule has 1 fully saturated rings. The third kappa shape index (κ3) is 4.46. The maximum atomic E-state index is 12.5. The maximum absolute atomic E-state index is 12.5. The number of carbonyl (C=O) groups is 2. The second-order valence-electron chi connectivity index (χ2n) is 7.20. The van der Waals surface area contributed by atoms with Gasteiger partial charge in [0, 0.05) is 19.3 Å². The molecular weight excluding hydrogens is 360 g/mol. The van der Waals surface area contributed by atoms with E-state index in [9.17, 15) is 9.59 Å². The molecule has 2 aliphatic rings. The van der Waals surface area contributed by atoms with Crippen LogP contribution in [0.25, 0.3) is 0 Å². The number of hydrogen-bond acceptors (Lipinski definition) is 5. The lowest BCUT2D eigenvalue weighted by atomic mass is 10.1. The molecule has 0 saturated carbocycles. The van der Waals surface area contributed by atoms with Crippen LogP contribution >= 0.6 is 11.8 Å². The van der Waals surface area contributed by atoms with Crippen LogP contribution in [0.4, 0.5) is 4.79 Å². The third-order valence-electron chi connectivity index (χ3n) is 5.06. The number of likely N-dealkylation sites (N-methyl/N-ethyl adjacent to an activating group) is 1. The number of rotatable bonds is 7. The minimum Gasteiger partial charge on any atom is -0.336 e. The second kappa shape index (κ2) is 8.78. The van der Waals surface area contributed by atoms with Crippen molar-refractivity contribution in [2.45, 2.75) is 57.5 Å². The Morgan fingerprint density at radius 2 is 1.89 bits per heavy atom. The SMILES string of the molecule is CCCCCCN1C(SCc2ccc(C)cc2)=NC2C1C(=O)NC(=O)N2C. The van der Waals surface area contributed by atoms with Crippen molar-refractivity contribution in [2.75, 3.05) is 13.6 Å². The van der Waals surface area contributed by atoms with E-state index in [1.54, 1.807) is 18.8 Å². The summed E-state index contributed by atoms with van der Waals surface area (Å²) in [5.74, 6) is 0.553. The Labute approximate surface area is 165 Å². The number of nitrogens with zero attached hydrogens (tertiary/aromatic N) is 3. The molecule has 0 bridgehead atoms. The van der Waals surface area contributed by atoms with Crippen molar-refractivity contribution in [3.8, 4) is 0 Å². The van der Waals surface area contributed by atoms with Crippen molar-refractivity contribution in [1.82, 2.24) is 15.1 Å². The number of unbranched alkanes of at least 4 members (excludes halogenated alkanes) is 3. The van der Waals surface area contributed by atoms with Crippen LogP contribution in [0.3, 0.4) is 0 Å². The zero-order valence-electron chi connectivity index (χ0n) is 16.3. The highest BCUT2D eigenvalue weighted by Crippen LogP contribution is 2.30. The highest BCUT2D eigenvalue weighted by atomic mass is 32.2. The van der Waals surface area contributed by atoms with Crippen LogP contribution in [-0.2, 0) is 10.5 Å². The highest BCUT2D eigenvalue weighted by Gasteiger charge is 2.48. The molecule has 27 heavy (non-hydrogen) atoms. The van der Waals surface area contributed by atoms with Crippen molar-refractivity contribution in [2.24, 2.45) is 4.99 Å². The van der Waals surface area contributed by atoms with Crippen LogP contribution in [0, 0.1) is 6.92 Å². The van der Waals surface area contributed by atoms with Crippen LogP contribution in [0.1, 0.15) is 43.7 Å². The first-order valence-electron chi connectivity index (χ1n) is 9.61. The lowest BCUT2D eigenvalue weighted by molar-refractivity contribution is -0.127. The number of urea groups is 1. The number of carbonyl (C=O) groups excluding carboxylic acids is 2. The van der Waals surface area contributed by atoms with E-state index in [1.807, 2.05) is 0 Å². The molecule has 0 aromatic heterocycles. The molecule has 1 aromatic rings. The number of aliphatic imine (C=N–C) groups is 1. The Morgan fingerprint density at radius 1 is 1.15 bits per heavy atom. The number of hydrogen-bond donors (Lipinski definition) is 1.